The van der Waals surface area contributed by atoms with E-state index in [-0.39, 0.29) is 13.2 Å². The molecule has 0 aromatic heterocycles. The first-order valence-electron chi connectivity index (χ1n) is 7.29. The molecule has 0 atom stereocenters. The van der Waals surface area contributed by atoms with Gasteiger partial charge in [-0.25, -0.2) is 9.59 Å². The predicted octanol–water partition coefficient (Wildman–Crippen LogP) is 2.45. The van der Waals surface area contributed by atoms with Gasteiger partial charge >= 0.3 is 23.8 Å². The quantitative estimate of drug-likeness (QED) is 0.299. The van der Waals surface area contributed by atoms with Crippen molar-refractivity contribution in [1.82, 2.24) is 0 Å². The molecule has 0 saturated heterocycles. The minimum Gasteiger partial charge on any atom is -0.461 e. The van der Waals surface area contributed by atoms with E-state index in [1.807, 2.05) is 0 Å². The maximum absolute atomic E-state index is 13.7. The van der Waals surface area contributed by atoms with Crippen molar-refractivity contribution in [1.29, 1.82) is 0 Å². The molecule has 0 N–H and O–H groups in total. The lowest BCUT2D eigenvalue weighted by Gasteiger charge is -2.15. The summed E-state index contributed by atoms with van der Waals surface area (Å²) in [5.74, 6) is -16.9. The first kappa shape index (κ1) is 21.3. The highest BCUT2D eigenvalue weighted by atomic mass is 19.3. The van der Waals surface area contributed by atoms with Crippen molar-refractivity contribution in [3.05, 3.63) is 35.4 Å². The molecular weight excluding hydrogens is 364 g/mol. The standard InChI is InChI=1S/C16H14F4O6/c1-3-25-13(23)15(17,18)11(21)9-5-7-10(8-6-9)12(22)16(19,20)14(24)26-4-2/h5-8H,3-4H2,1-2H3. The third-order valence-electron chi connectivity index (χ3n) is 3.04. The summed E-state index contributed by atoms with van der Waals surface area (Å²) >= 11 is 0. The Labute approximate surface area is 145 Å². The van der Waals surface area contributed by atoms with Gasteiger partial charge in [0.05, 0.1) is 13.2 Å². The maximum Gasteiger partial charge on any atom is 0.404 e. The van der Waals surface area contributed by atoms with Crippen LogP contribution in [0.4, 0.5) is 17.6 Å². The average Bonchev–Trinajstić information content (AvgIpc) is 2.60. The smallest absolute Gasteiger partial charge is 0.404 e. The largest absolute Gasteiger partial charge is 0.461 e. The fourth-order valence-corrected chi connectivity index (χ4v) is 1.76. The highest BCUT2D eigenvalue weighted by Crippen LogP contribution is 2.25. The van der Waals surface area contributed by atoms with Crippen LogP contribution in [0, 0.1) is 0 Å². The Kier molecular flexibility index (Phi) is 6.60. The first-order valence-corrected chi connectivity index (χ1v) is 7.29. The van der Waals surface area contributed by atoms with Crippen LogP contribution in [0.1, 0.15) is 34.6 Å². The van der Waals surface area contributed by atoms with Crippen molar-refractivity contribution in [3.63, 3.8) is 0 Å². The SMILES string of the molecule is CCOC(=O)C(F)(F)C(=O)c1ccc(C(=O)C(F)(F)C(=O)OCC)cc1. The van der Waals surface area contributed by atoms with Crippen LogP contribution in [-0.4, -0.2) is 48.6 Å². The van der Waals surface area contributed by atoms with Gasteiger partial charge in [0.1, 0.15) is 0 Å². The number of carbonyl (C=O) groups is 4. The van der Waals surface area contributed by atoms with Crippen molar-refractivity contribution >= 4 is 23.5 Å². The van der Waals surface area contributed by atoms with Crippen LogP contribution in [0.5, 0.6) is 0 Å². The molecule has 26 heavy (non-hydrogen) atoms. The van der Waals surface area contributed by atoms with Gasteiger partial charge in [-0.2, -0.15) is 17.6 Å². The van der Waals surface area contributed by atoms with Crippen LogP contribution in [0.25, 0.3) is 0 Å². The first-order chi connectivity index (χ1) is 12.0. The summed E-state index contributed by atoms with van der Waals surface area (Å²) < 4.78 is 62.8. The van der Waals surface area contributed by atoms with E-state index in [1.54, 1.807) is 0 Å². The van der Waals surface area contributed by atoms with E-state index in [9.17, 15) is 36.7 Å². The van der Waals surface area contributed by atoms with Crippen molar-refractivity contribution in [2.75, 3.05) is 13.2 Å². The van der Waals surface area contributed by atoms with E-state index in [2.05, 4.69) is 9.47 Å². The summed E-state index contributed by atoms with van der Waals surface area (Å²) in [4.78, 5) is 45.6. The van der Waals surface area contributed by atoms with E-state index in [0.29, 0.717) is 24.3 Å². The Morgan fingerprint density at radius 3 is 1.23 bits per heavy atom. The molecule has 10 heteroatoms. The second-order valence-electron chi connectivity index (χ2n) is 4.83. The average molecular weight is 378 g/mol. The van der Waals surface area contributed by atoms with Gasteiger partial charge in [-0.1, -0.05) is 24.3 Å². The number of halogens is 4. The number of hydrogen-bond donors (Lipinski definition) is 0. The molecule has 0 bridgehead atoms. The van der Waals surface area contributed by atoms with Gasteiger partial charge in [0.15, 0.2) is 0 Å². The molecule has 0 heterocycles. The van der Waals surface area contributed by atoms with Crippen LogP contribution < -0.4 is 0 Å². The molecule has 0 spiro atoms. The monoisotopic (exact) mass is 378 g/mol. The Morgan fingerprint density at radius 2 is 1.00 bits per heavy atom. The fourth-order valence-electron chi connectivity index (χ4n) is 1.76. The lowest BCUT2D eigenvalue weighted by Crippen LogP contribution is -2.40. The topological polar surface area (TPSA) is 86.7 Å². The molecule has 0 aliphatic carbocycles. The summed E-state index contributed by atoms with van der Waals surface area (Å²) in [5, 5.41) is 0. The van der Waals surface area contributed by atoms with E-state index < -0.39 is 46.5 Å². The van der Waals surface area contributed by atoms with E-state index >= 15 is 0 Å². The number of benzene rings is 1. The number of ketones is 2. The van der Waals surface area contributed by atoms with Crippen molar-refractivity contribution in [3.8, 4) is 0 Å². The molecule has 0 aliphatic heterocycles. The molecule has 1 rings (SSSR count). The number of rotatable bonds is 8. The molecule has 6 nitrogen and oxygen atoms in total. The zero-order valence-electron chi connectivity index (χ0n) is 13.7. The van der Waals surface area contributed by atoms with Crippen LogP contribution in [0.15, 0.2) is 24.3 Å². The van der Waals surface area contributed by atoms with Gasteiger partial charge in [-0.15, -0.1) is 0 Å². The Morgan fingerprint density at radius 1 is 0.731 bits per heavy atom. The summed E-state index contributed by atoms with van der Waals surface area (Å²) in [5.41, 5.74) is -1.42. The molecular formula is C16H14F4O6. The number of hydrogen-bond acceptors (Lipinski definition) is 6. The number of alkyl halides is 4. The normalized spacial score (nSPS) is 11.6. The lowest BCUT2D eigenvalue weighted by molar-refractivity contribution is -0.165. The molecule has 0 aliphatic rings. The van der Waals surface area contributed by atoms with Gasteiger partial charge in [-0.05, 0) is 13.8 Å². The predicted molar refractivity (Wildman–Crippen MR) is 78.3 cm³/mol. The van der Waals surface area contributed by atoms with Gasteiger partial charge in [-0.3, -0.25) is 9.59 Å². The molecule has 0 saturated carbocycles. The van der Waals surface area contributed by atoms with Gasteiger partial charge in [0.2, 0.25) is 11.6 Å². The lowest BCUT2D eigenvalue weighted by atomic mass is 10.00. The van der Waals surface area contributed by atoms with Crippen LogP contribution in [0.3, 0.4) is 0 Å². The Balaban J connectivity index is 3.05. The van der Waals surface area contributed by atoms with Crippen molar-refractivity contribution in [2.24, 2.45) is 0 Å². The molecule has 1 aromatic rings. The number of carbonyl (C=O) groups excluding carboxylic acids is 4. The van der Waals surface area contributed by atoms with E-state index in [0.717, 1.165) is 0 Å². The highest BCUT2D eigenvalue weighted by Gasteiger charge is 2.50. The van der Waals surface area contributed by atoms with Crippen LogP contribution in [0.2, 0.25) is 0 Å². The fraction of sp³-hybridized carbons (Fsp3) is 0.375. The van der Waals surface area contributed by atoms with Gasteiger partial charge in [0.25, 0.3) is 0 Å². The summed E-state index contributed by atoms with van der Waals surface area (Å²) in [6, 6.07) is 2.63. The third-order valence-corrected chi connectivity index (χ3v) is 3.04. The van der Waals surface area contributed by atoms with E-state index in [4.69, 9.17) is 0 Å². The van der Waals surface area contributed by atoms with Gasteiger partial charge < -0.3 is 9.47 Å². The molecule has 1 aromatic carbocycles. The molecule has 142 valence electrons. The Hall–Kier alpha value is -2.78. The number of esters is 2. The maximum atomic E-state index is 13.7. The summed E-state index contributed by atoms with van der Waals surface area (Å²) in [7, 11) is 0. The summed E-state index contributed by atoms with van der Waals surface area (Å²) in [6.45, 7) is 1.78. The number of ether oxygens (including phenoxy) is 2. The second kappa shape index (κ2) is 8.07. The molecule has 0 amide bonds. The second-order valence-corrected chi connectivity index (χ2v) is 4.83. The zero-order valence-corrected chi connectivity index (χ0v) is 13.7. The molecule has 0 unspecified atom stereocenters. The minimum absolute atomic E-state index is 0.377. The van der Waals surface area contributed by atoms with Crippen molar-refractivity contribution < 1.29 is 46.2 Å². The van der Waals surface area contributed by atoms with Crippen molar-refractivity contribution in [2.45, 2.75) is 25.7 Å². The zero-order chi connectivity index (χ0) is 20.1. The summed E-state index contributed by atoms with van der Waals surface area (Å²) in [6.07, 6.45) is 0. The molecule has 0 fully saturated rings. The van der Waals surface area contributed by atoms with Gasteiger partial charge in [0, 0.05) is 11.1 Å². The molecule has 0 radical (unpaired) electrons. The van der Waals surface area contributed by atoms with Crippen LogP contribution >= 0.6 is 0 Å². The highest BCUT2D eigenvalue weighted by molar-refractivity contribution is 6.16. The Bertz CT molecular complexity index is 651. The third kappa shape index (κ3) is 4.24. The number of Topliss-reactive ketones (excluding diaryl/α,β-unsaturated/α-hetero) is 2. The van der Waals surface area contributed by atoms with Crippen LogP contribution in [-0.2, 0) is 19.1 Å². The van der Waals surface area contributed by atoms with E-state index in [1.165, 1.54) is 13.8 Å². The minimum atomic E-state index is -4.48.